The number of nitrogens with zero attached hydrogens (tertiary/aromatic N) is 2. The minimum Gasteiger partial charge on any atom is -0.265 e. The Kier molecular flexibility index (Phi) is 6.94. The molecule has 0 saturated carbocycles. The average molecular weight is 232 g/mol. The van der Waals surface area contributed by atoms with Crippen molar-refractivity contribution >= 4 is 5.57 Å². The van der Waals surface area contributed by atoms with E-state index in [0.29, 0.717) is 5.57 Å². The number of hydrogen-bond donors (Lipinski definition) is 0. The molecule has 0 radical (unpaired) electrons. The second-order valence-electron chi connectivity index (χ2n) is 2.84. The maximum absolute atomic E-state index is 10.3. The van der Waals surface area contributed by atoms with Crippen LogP contribution in [0.4, 0.5) is 0 Å². The molecule has 1 aromatic rings. The zero-order chi connectivity index (χ0) is 13.3. The molecular formula is C13H16N2O2. The Balaban J connectivity index is 0.00000121. The SMILES string of the molecule is C=C(/C=C\C(=C)[N+](=O)[O-])c1ccncc1.CC. The van der Waals surface area contributed by atoms with Crippen molar-refractivity contribution in [3.05, 3.63) is 71.2 Å². The first kappa shape index (κ1) is 14.8. The third kappa shape index (κ3) is 5.41. The summed E-state index contributed by atoms with van der Waals surface area (Å²) >= 11 is 0. The van der Waals surface area contributed by atoms with Crippen molar-refractivity contribution < 1.29 is 4.92 Å². The highest BCUT2D eigenvalue weighted by molar-refractivity contribution is 5.71. The first-order chi connectivity index (χ1) is 8.11. The number of aromatic nitrogens is 1. The van der Waals surface area contributed by atoms with Crippen molar-refractivity contribution in [1.82, 2.24) is 4.98 Å². The summed E-state index contributed by atoms with van der Waals surface area (Å²) in [7, 11) is 0. The molecule has 0 aromatic carbocycles. The van der Waals surface area contributed by atoms with Crippen LogP contribution in [-0.4, -0.2) is 9.91 Å². The number of hydrogen-bond acceptors (Lipinski definition) is 3. The highest BCUT2D eigenvalue weighted by Gasteiger charge is 2.00. The summed E-state index contributed by atoms with van der Waals surface area (Å²) < 4.78 is 0. The van der Waals surface area contributed by atoms with Gasteiger partial charge >= 0.3 is 0 Å². The number of allylic oxidation sites excluding steroid dienone is 3. The summed E-state index contributed by atoms with van der Waals surface area (Å²) in [5.41, 5.74) is 1.39. The van der Waals surface area contributed by atoms with Crippen LogP contribution in [-0.2, 0) is 0 Å². The molecule has 0 aliphatic rings. The molecule has 0 amide bonds. The van der Waals surface area contributed by atoms with Gasteiger partial charge in [0.15, 0.2) is 0 Å². The third-order valence-corrected chi connectivity index (χ3v) is 1.76. The highest BCUT2D eigenvalue weighted by atomic mass is 16.6. The van der Waals surface area contributed by atoms with Gasteiger partial charge in [-0.3, -0.25) is 15.1 Å². The van der Waals surface area contributed by atoms with Crippen molar-refractivity contribution in [3.8, 4) is 0 Å². The molecule has 0 spiro atoms. The molecular weight excluding hydrogens is 216 g/mol. The van der Waals surface area contributed by atoms with E-state index in [2.05, 4.69) is 18.1 Å². The summed E-state index contributed by atoms with van der Waals surface area (Å²) in [6.45, 7) is 11.1. The zero-order valence-corrected chi connectivity index (χ0v) is 10.1. The Morgan fingerprint density at radius 3 is 2.29 bits per heavy atom. The summed E-state index contributed by atoms with van der Waals surface area (Å²) in [6.07, 6.45) is 6.15. The van der Waals surface area contributed by atoms with Crippen molar-refractivity contribution in [2.45, 2.75) is 13.8 Å². The van der Waals surface area contributed by atoms with Gasteiger partial charge in [-0.1, -0.05) is 20.4 Å². The summed E-state index contributed by atoms with van der Waals surface area (Å²) in [6, 6.07) is 3.56. The Labute approximate surface area is 101 Å². The van der Waals surface area contributed by atoms with E-state index in [9.17, 15) is 10.1 Å². The molecule has 1 rings (SSSR count). The molecule has 0 N–H and O–H groups in total. The molecule has 0 unspecified atom stereocenters. The van der Waals surface area contributed by atoms with Gasteiger partial charge < -0.3 is 0 Å². The van der Waals surface area contributed by atoms with E-state index in [1.807, 2.05) is 13.8 Å². The van der Waals surface area contributed by atoms with E-state index in [4.69, 9.17) is 0 Å². The minimum absolute atomic E-state index is 0.162. The maximum Gasteiger partial charge on any atom is 0.262 e. The fourth-order valence-corrected chi connectivity index (χ4v) is 0.920. The minimum atomic E-state index is -0.545. The molecule has 1 aromatic heterocycles. The molecule has 4 heteroatoms. The molecule has 0 bridgehead atoms. The van der Waals surface area contributed by atoms with Gasteiger partial charge in [-0.15, -0.1) is 0 Å². The van der Waals surface area contributed by atoms with Gasteiger partial charge in [-0.2, -0.15) is 0 Å². The van der Waals surface area contributed by atoms with Crippen molar-refractivity contribution in [3.63, 3.8) is 0 Å². The quantitative estimate of drug-likeness (QED) is 0.453. The molecule has 17 heavy (non-hydrogen) atoms. The normalized spacial score (nSPS) is 9.29. The van der Waals surface area contributed by atoms with Crippen LogP contribution in [0.2, 0.25) is 0 Å². The maximum atomic E-state index is 10.3. The van der Waals surface area contributed by atoms with Gasteiger partial charge in [0.25, 0.3) is 5.70 Å². The number of nitro groups is 1. The van der Waals surface area contributed by atoms with E-state index in [1.54, 1.807) is 30.6 Å². The number of pyridine rings is 1. The predicted molar refractivity (Wildman–Crippen MR) is 69.9 cm³/mol. The molecule has 0 saturated heterocycles. The highest BCUT2D eigenvalue weighted by Crippen LogP contribution is 2.12. The lowest BCUT2D eigenvalue weighted by molar-refractivity contribution is -0.418. The lowest BCUT2D eigenvalue weighted by Gasteiger charge is -1.97. The van der Waals surface area contributed by atoms with Gasteiger partial charge in [-0.05, 0) is 35.9 Å². The van der Waals surface area contributed by atoms with Crippen molar-refractivity contribution in [1.29, 1.82) is 0 Å². The van der Waals surface area contributed by atoms with Crippen LogP contribution in [0.25, 0.3) is 5.57 Å². The second kappa shape index (κ2) is 7.98. The molecule has 0 aliphatic heterocycles. The smallest absolute Gasteiger partial charge is 0.262 e. The lowest BCUT2D eigenvalue weighted by Crippen LogP contribution is -1.92. The Morgan fingerprint density at radius 1 is 1.29 bits per heavy atom. The fourth-order valence-electron chi connectivity index (χ4n) is 0.920. The van der Waals surface area contributed by atoms with Gasteiger partial charge in [0.2, 0.25) is 0 Å². The Morgan fingerprint density at radius 2 is 1.82 bits per heavy atom. The molecule has 4 nitrogen and oxygen atoms in total. The van der Waals surface area contributed by atoms with Crippen molar-refractivity contribution in [2.24, 2.45) is 0 Å². The van der Waals surface area contributed by atoms with E-state index in [-0.39, 0.29) is 5.70 Å². The van der Waals surface area contributed by atoms with Crippen LogP contribution >= 0.6 is 0 Å². The van der Waals surface area contributed by atoms with Crippen LogP contribution in [0, 0.1) is 10.1 Å². The summed E-state index contributed by atoms with van der Waals surface area (Å²) in [5.74, 6) is 0. The van der Waals surface area contributed by atoms with E-state index in [1.165, 1.54) is 6.08 Å². The first-order valence-electron chi connectivity index (χ1n) is 5.22. The first-order valence-corrected chi connectivity index (χ1v) is 5.22. The summed E-state index contributed by atoms with van der Waals surface area (Å²) in [4.78, 5) is 13.6. The predicted octanol–water partition coefficient (Wildman–Crippen LogP) is 3.47. The van der Waals surface area contributed by atoms with Crippen LogP contribution in [0.3, 0.4) is 0 Å². The van der Waals surface area contributed by atoms with E-state index in [0.717, 1.165) is 5.56 Å². The van der Waals surface area contributed by atoms with Gasteiger partial charge in [0.1, 0.15) is 0 Å². The van der Waals surface area contributed by atoms with Crippen LogP contribution < -0.4 is 0 Å². The summed E-state index contributed by atoms with van der Waals surface area (Å²) in [5, 5.41) is 10.3. The molecule has 90 valence electrons. The van der Waals surface area contributed by atoms with Gasteiger partial charge in [0.05, 0.1) is 4.92 Å². The second-order valence-corrected chi connectivity index (χ2v) is 2.84. The van der Waals surface area contributed by atoms with Crippen LogP contribution in [0.5, 0.6) is 0 Å². The average Bonchev–Trinajstić information content (AvgIpc) is 2.38. The van der Waals surface area contributed by atoms with E-state index >= 15 is 0 Å². The third-order valence-electron chi connectivity index (χ3n) is 1.76. The van der Waals surface area contributed by atoms with Gasteiger partial charge in [0, 0.05) is 18.5 Å². The molecule has 0 aliphatic carbocycles. The monoisotopic (exact) mass is 232 g/mol. The van der Waals surface area contributed by atoms with E-state index < -0.39 is 4.92 Å². The van der Waals surface area contributed by atoms with Crippen molar-refractivity contribution in [2.75, 3.05) is 0 Å². The lowest BCUT2D eigenvalue weighted by atomic mass is 10.1. The zero-order valence-electron chi connectivity index (χ0n) is 10.1. The molecule has 1 heterocycles. The van der Waals surface area contributed by atoms with Crippen LogP contribution in [0.1, 0.15) is 19.4 Å². The Hall–Kier alpha value is -2.23. The number of rotatable bonds is 4. The molecule has 0 fully saturated rings. The largest absolute Gasteiger partial charge is 0.265 e. The Bertz CT molecular complexity index is 422. The molecule has 0 atom stereocenters. The standard InChI is InChI=1S/C11H10N2O2.C2H6/c1-9(3-4-10(2)13(14)15)11-5-7-12-8-6-11;1-2/h3-8H,1-2H2;1-2H3/b4-3-;. The van der Waals surface area contributed by atoms with Gasteiger partial charge in [-0.25, -0.2) is 0 Å². The van der Waals surface area contributed by atoms with Crippen LogP contribution in [0.15, 0.2) is 55.5 Å². The fraction of sp³-hybridized carbons (Fsp3) is 0.154. The topological polar surface area (TPSA) is 56.0 Å².